The number of hydrogen-bond acceptors (Lipinski definition) is 6. The van der Waals surface area contributed by atoms with Gasteiger partial charge in [-0.2, -0.15) is 0 Å². The Balaban J connectivity index is 1.86. The van der Waals surface area contributed by atoms with Gasteiger partial charge < -0.3 is 20.1 Å². The molecule has 9 heteroatoms. The summed E-state index contributed by atoms with van der Waals surface area (Å²) >= 11 is 0. The molecule has 8 nitrogen and oxygen atoms in total. The maximum absolute atomic E-state index is 12.9. The number of nitrogens with zero attached hydrogens (tertiary/aromatic N) is 2. The number of aliphatic hydroxyl groups is 3. The van der Waals surface area contributed by atoms with Crippen molar-refractivity contribution >= 4 is 0 Å². The highest BCUT2D eigenvalue weighted by Gasteiger charge is 2.43. The van der Waals surface area contributed by atoms with Gasteiger partial charge in [-0.25, -0.2) is 9.18 Å². The van der Waals surface area contributed by atoms with E-state index in [-0.39, 0.29) is 12.4 Å². The predicted molar refractivity (Wildman–Crippen MR) is 88.1 cm³/mol. The van der Waals surface area contributed by atoms with Crippen LogP contribution in [0, 0.1) is 5.82 Å². The fourth-order valence-electron chi connectivity index (χ4n) is 2.93. The molecule has 0 amide bonds. The first kappa shape index (κ1) is 18.5. The molecule has 2 heterocycles. The number of benzene rings is 1. The first-order chi connectivity index (χ1) is 12.4. The Morgan fingerprint density at radius 2 is 1.77 bits per heavy atom. The van der Waals surface area contributed by atoms with Gasteiger partial charge in [-0.3, -0.25) is 13.9 Å². The third kappa shape index (κ3) is 3.47. The lowest BCUT2D eigenvalue weighted by molar-refractivity contribution is -0.0556. The monoisotopic (exact) mass is 366 g/mol. The van der Waals surface area contributed by atoms with Crippen LogP contribution in [-0.2, 0) is 17.7 Å². The summed E-state index contributed by atoms with van der Waals surface area (Å²) in [6.07, 6.45) is -3.51. The molecule has 140 valence electrons. The van der Waals surface area contributed by atoms with Gasteiger partial charge in [0.1, 0.15) is 24.1 Å². The third-order valence-electron chi connectivity index (χ3n) is 4.42. The van der Waals surface area contributed by atoms with Gasteiger partial charge in [-0.15, -0.1) is 0 Å². The molecule has 26 heavy (non-hydrogen) atoms. The van der Waals surface area contributed by atoms with Crippen LogP contribution < -0.4 is 11.2 Å². The molecule has 3 N–H and O–H groups in total. The van der Waals surface area contributed by atoms with Crippen molar-refractivity contribution in [2.75, 3.05) is 6.61 Å². The standard InChI is InChI=1S/C17H19FN2O6/c18-11-3-1-10(2-4-11)5-7-19-13(22)6-8-20(17(19)25)16-15(24)14(23)12(9-21)26-16/h1-4,6,8,12,14-16,21,23-24H,5,7,9H2/t12-,14?,15+,16-/m1/s1. The highest BCUT2D eigenvalue weighted by Crippen LogP contribution is 2.27. The number of aromatic nitrogens is 2. The van der Waals surface area contributed by atoms with Gasteiger partial charge in [-0.05, 0) is 24.1 Å². The Hall–Kier alpha value is -2.33. The zero-order valence-corrected chi connectivity index (χ0v) is 13.7. The summed E-state index contributed by atoms with van der Waals surface area (Å²) in [5.41, 5.74) is -0.490. The Labute approximate surface area is 147 Å². The smallest absolute Gasteiger partial charge is 0.333 e. The highest BCUT2D eigenvalue weighted by molar-refractivity contribution is 5.16. The van der Waals surface area contributed by atoms with E-state index in [4.69, 9.17) is 9.84 Å². The first-order valence-corrected chi connectivity index (χ1v) is 8.11. The topological polar surface area (TPSA) is 114 Å². The van der Waals surface area contributed by atoms with E-state index in [9.17, 15) is 24.2 Å². The summed E-state index contributed by atoms with van der Waals surface area (Å²) in [6.45, 7) is -0.466. The predicted octanol–water partition coefficient (Wildman–Crippen LogP) is -0.997. The largest absolute Gasteiger partial charge is 0.394 e. The number of halogens is 1. The van der Waals surface area contributed by atoms with Crippen molar-refractivity contribution in [3.8, 4) is 0 Å². The molecular weight excluding hydrogens is 347 g/mol. The average molecular weight is 366 g/mol. The SMILES string of the molecule is O=c1ccn([C@@H]2O[C@H](CO)C(O)[C@@H]2O)c(=O)n1CCc1ccc(F)cc1. The second kappa shape index (κ2) is 7.50. The number of ether oxygens (including phenoxy) is 1. The lowest BCUT2D eigenvalue weighted by atomic mass is 10.1. The van der Waals surface area contributed by atoms with Crippen LogP contribution in [0.25, 0.3) is 0 Å². The summed E-state index contributed by atoms with van der Waals surface area (Å²) < 4.78 is 20.3. The van der Waals surface area contributed by atoms with Crippen molar-refractivity contribution in [1.29, 1.82) is 0 Å². The fourth-order valence-corrected chi connectivity index (χ4v) is 2.93. The summed E-state index contributed by atoms with van der Waals surface area (Å²) in [6, 6.07) is 6.86. The minimum atomic E-state index is -1.42. The normalized spacial score (nSPS) is 25.5. The molecule has 3 rings (SSSR count). The van der Waals surface area contributed by atoms with Crippen LogP contribution in [0.4, 0.5) is 4.39 Å². The molecule has 0 radical (unpaired) electrons. The molecule has 1 aliphatic heterocycles. The second-order valence-corrected chi connectivity index (χ2v) is 6.10. The van der Waals surface area contributed by atoms with E-state index in [0.717, 1.165) is 20.8 Å². The third-order valence-corrected chi connectivity index (χ3v) is 4.42. The van der Waals surface area contributed by atoms with E-state index >= 15 is 0 Å². The van der Waals surface area contributed by atoms with Crippen molar-refractivity contribution < 1.29 is 24.4 Å². The van der Waals surface area contributed by atoms with Gasteiger partial charge in [0.05, 0.1) is 6.61 Å². The lowest BCUT2D eigenvalue weighted by Gasteiger charge is -2.18. The van der Waals surface area contributed by atoms with Crippen molar-refractivity contribution in [3.05, 3.63) is 68.7 Å². The van der Waals surface area contributed by atoms with E-state index in [1.54, 1.807) is 12.1 Å². The van der Waals surface area contributed by atoms with Crippen molar-refractivity contribution in [3.63, 3.8) is 0 Å². The van der Waals surface area contributed by atoms with Crippen LogP contribution >= 0.6 is 0 Å². The molecule has 0 saturated carbocycles. The first-order valence-electron chi connectivity index (χ1n) is 8.11. The van der Waals surface area contributed by atoms with Gasteiger partial charge in [0.25, 0.3) is 5.56 Å². The minimum absolute atomic E-state index is 0.0545. The molecule has 1 aromatic heterocycles. The van der Waals surface area contributed by atoms with E-state index in [1.165, 1.54) is 18.3 Å². The molecule has 0 spiro atoms. The summed E-state index contributed by atoms with van der Waals surface area (Å²) in [4.78, 5) is 24.7. The minimum Gasteiger partial charge on any atom is -0.394 e. The maximum atomic E-state index is 12.9. The van der Waals surface area contributed by atoms with Crippen LogP contribution in [0.5, 0.6) is 0 Å². The van der Waals surface area contributed by atoms with E-state index < -0.39 is 42.4 Å². The molecule has 0 aliphatic carbocycles. The lowest BCUT2D eigenvalue weighted by Crippen LogP contribution is -2.43. The van der Waals surface area contributed by atoms with E-state index in [2.05, 4.69) is 0 Å². The van der Waals surface area contributed by atoms with Crippen LogP contribution in [0.3, 0.4) is 0 Å². The quantitative estimate of drug-likeness (QED) is 0.626. The molecule has 4 atom stereocenters. The highest BCUT2D eigenvalue weighted by atomic mass is 19.1. The molecular formula is C17H19FN2O6. The van der Waals surface area contributed by atoms with E-state index in [0.29, 0.717) is 6.42 Å². The summed E-state index contributed by atoms with van der Waals surface area (Å²) in [5.74, 6) is -0.377. The van der Waals surface area contributed by atoms with Gasteiger partial charge in [0.2, 0.25) is 0 Å². The Morgan fingerprint density at radius 3 is 2.38 bits per heavy atom. The van der Waals surface area contributed by atoms with Crippen molar-refractivity contribution in [2.45, 2.75) is 37.5 Å². The van der Waals surface area contributed by atoms with Crippen LogP contribution in [0.2, 0.25) is 0 Å². The maximum Gasteiger partial charge on any atom is 0.333 e. The molecule has 1 saturated heterocycles. The zero-order valence-electron chi connectivity index (χ0n) is 13.7. The number of hydrogen-bond donors (Lipinski definition) is 3. The summed E-state index contributed by atoms with van der Waals surface area (Å²) in [5, 5.41) is 29.0. The van der Waals surface area contributed by atoms with Gasteiger partial charge >= 0.3 is 5.69 Å². The van der Waals surface area contributed by atoms with Crippen LogP contribution in [-0.4, -0.2) is 49.4 Å². The van der Waals surface area contributed by atoms with Crippen molar-refractivity contribution in [1.82, 2.24) is 9.13 Å². The molecule has 1 unspecified atom stereocenters. The Bertz CT molecular complexity index is 878. The molecule has 1 aliphatic rings. The Morgan fingerprint density at radius 1 is 1.08 bits per heavy atom. The van der Waals surface area contributed by atoms with Crippen molar-refractivity contribution in [2.24, 2.45) is 0 Å². The van der Waals surface area contributed by atoms with Gasteiger partial charge in [-0.1, -0.05) is 12.1 Å². The number of aryl methyl sites for hydroxylation is 1. The number of rotatable bonds is 5. The van der Waals surface area contributed by atoms with Crippen LogP contribution in [0.1, 0.15) is 11.8 Å². The molecule has 2 aromatic rings. The fraction of sp³-hybridized carbons (Fsp3) is 0.412. The van der Waals surface area contributed by atoms with Gasteiger partial charge in [0.15, 0.2) is 6.23 Å². The van der Waals surface area contributed by atoms with Gasteiger partial charge in [0, 0.05) is 18.8 Å². The summed E-state index contributed by atoms with van der Waals surface area (Å²) in [7, 11) is 0. The van der Waals surface area contributed by atoms with E-state index in [1.807, 2.05) is 0 Å². The number of aliphatic hydroxyl groups excluding tert-OH is 3. The van der Waals surface area contributed by atoms with Crippen LogP contribution in [0.15, 0.2) is 46.1 Å². The zero-order chi connectivity index (χ0) is 18.8. The molecule has 0 bridgehead atoms. The Kier molecular flexibility index (Phi) is 5.33. The molecule has 1 aromatic carbocycles. The second-order valence-electron chi connectivity index (χ2n) is 6.10. The molecule has 1 fully saturated rings. The average Bonchev–Trinajstić information content (AvgIpc) is 2.91.